The van der Waals surface area contributed by atoms with Crippen molar-refractivity contribution in [2.24, 2.45) is 0 Å². The Kier molecular flexibility index (Phi) is 3.83. The van der Waals surface area contributed by atoms with Crippen molar-refractivity contribution < 1.29 is 9.18 Å². The van der Waals surface area contributed by atoms with E-state index in [1.54, 1.807) is 35.4 Å². The zero-order chi connectivity index (χ0) is 17.4. The number of likely N-dealkylation sites (tertiary alicyclic amines) is 1. The Labute approximate surface area is 142 Å². The zero-order valence-corrected chi connectivity index (χ0v) is 13.5. The predicted octanol–water partition coefficient (Wildman–Crippen LogP) is 2.18. The standard InChI is InChI=1S/C18H17FN4O2/c19-14-3-1-2-13(10-14)18(25)22-8-5-12(6-9-22)15-11-17(24)23-16(21-15)4-7-20-23/h1-4,7,10-12,20H,5-6,8-9H2. The quantitative estimate of drug-likeness (QED) is 0.777. The van der Waals surface area contributed by atoms with E-state index in [9.17, 15) is 14.0 Å². The maximum Gasteiger partial charge on any atom is 0.272 e. The minimum Gasteiger partial charge on any atom is -0.339 e. The second-order valence-electron chi connectivity index (χ2n) is 6.25. The minimum atomic E-state index is -0.412. The summed E-state index contributed by atoms with van der Waals surface area (Å²) in [6, 6.07) is 9.06. The second-order valence-corrected chi connectivity index (χ2v) is 6.25. The van der Waals surface area contributed by atoms with Crippen LogP contribution >= 0.6 is 0 Å². The maximum absolute atomic E-state index is 13.3. The summed E-state index contributed by atoms with van der Waals surface area (Å²) < 4.78 is 14.7. The highest BCUT2D eigenvalue weighted by atomic mass is 19.1. The third kappa shape index (κ3) is 2.93. The number of rotatable bonds is 2. The van der Waals surface area contributed by atoms with Gasteiger partial charge in [-0.05, 0) is 31.0 Å². The van der Waals surface area contributed by atoms with E-state index < -0.39 is 5.82 Å². The van der Waals surface area contributed by atoms with Gasteiger partial charge in [0.25, 0.3) is 11.5 Å². The van der Waals surface area contributed by atoms with Gasteiger partial charge in [-0.25, -0.2) is 13.9 Å². The van der Waals surface area contributed by atoms with Gasteiger partial charge in [0.05, 0.1) is 5.69 Å². The van der Waals surface area contributed by atoms with Crippen LogP contribution in [0.25, 0.3) is 5.65 Å². The predicted molar refractivity (Wildman–Crippen MR) is 90.1 cm³/mol. The highest BCUT2D eigenvalue weighted by molar-refractivity contribution is 5.94. The fraction of sp³-hybridized carbons (Fsp3) is 0.278. The Morgan fingerprint density at radius 1 is 1.20 bits per heavy atom. The van der Waals surface area contributed by atoms with Gasteiger partial charge in [-0.1, -0.05) is 6.07 Å². The van der Waals surface area contributed by atoms with E-state index in [0.717, 1.165) is 18.5 Å². The van der Waals surface area contributed by atoms with E-state index in [4.69, 9.17) is 0 Å². The molecule has 0 radical (unpaired) electrons. The van der Waals surface area contributed by atoms with Crippen LogP contribution in [0, 0.1) is 5.82 Å². The number of halogens is 1. The number of carbonyl (C=O) groups is 1. The number of nitrogens with zero attached hydrogens (tertiary/aromatic N) is 3. The molecule has 0 bridgehead atoms. The lowest BCUT2D eigenvalue weighted by molar-refractivity contribution is 0.0711. The molecule has 1 fully saturated rings. The van der Waals surface area contributed by atoms with Crippen LogP contribution in [-0.4, -0.2) is 38.5 Å². The van der Waals surface area contributed by atoms with Gasteiger partial charge in [0, 0.05) is 42.9 Å². The molecule has 7 heteroatoms. The van der Waals surface area contributed by atoms with Crippen molar-refractivity contribution in [1.82, 2.24) is 19.5 Å². The summed E-state index contributed by atoms with van der Waals surface area (Å²) in [5.74, 6) is -0.429. The van der Waals surface area contributed by atoms with Crippen LogP contribution in [0.1, 0.15) is 34.8 Å². The van der Waals surface area contributed by atoms with E-state index in [-0.39, 0.29) is 17.4 Å². The molecule has 6 nitrogen and oxygen atoms in total. The molecule has 3 aromatic rings. The lowest BCUT2D eigenvalue weighted by Crippen LogP contribution is -2.38. The summed E-state index contributed by atoms with van der Waals surface area (Å²) in [6.45, 7) is 1.13. The van der Waals surface area contributed by atoms with Crippen molar-refractivity contribution in [3.8, 4) is 0 Å². The van der Waals surface area contributed by atoms with E-state index >= 15 is 0 Å². The van der Waals surface area contributed by atoms with Crippen LogP contribution < -0.4 is 5.56 Å². The number of hydrogen-bond acceptors (Lipinski definition) is 3. The summed E-state index contributed by atoms with van der Waals surface area (Å²) >= 11 is 0. The third-order valence-electron chi connectivity index (χ3n) is 4.67. The smallest absolute Gasteiger partial charge is 0.272 e. The van der Waals surface area contributed by atoms with Gasteiger partial charge >= 0.3 is 0 Å². The molecule has 1 amide bonds. The number of H-pyrrole nitrogens is 1. The molecule has 1 aromatic carbocycles. The fourth-order valence-electron chi connectivity index (χ4n) is 3.34. The number of hydrogen-bond donors (Lipinski definition) is 1. The van der Waals surface area contributed by atoms with Gasteiger partial charge in [0.2, 0.25) is 0 Å². The van der Waals surface area contributed by atoms with E-state index in [2.05, 4.69) is 10.1 Å². The van der Waals surface area contributed by atoms with Crippen molar-refractivity contribution in [2.45, 2.75) is 18.8 Å². The molecule has 0 atom stereocenters. The highest BCUT2D eigenvalue weighted by Gasteiger charge is 2.26. The lowest BCUT2D eigenvalue weighted by atomic mass is 9.93. The van der Waals surface area contributed by atoms with Crippen molar-refractivity contribution in [3.05, 3.63) is 70.0 Å². The number of fused-ring (bicyclic) bond motifs is 1. The summed E-state index contributed by atoms with van der Waals surface area (Å²) in [5.41, 5.74) is 1.59. The van der Waals surface area contributed by atoms with Gasteiger partial charge in [0.15, 0.2) is 5.65 Å². The molecule has 0 aliphatic carbocycles. The van der Waals surface area contributed by atoms with Crippen LogP contribution in [0.3, 0.4) is 0 Å². The first-order valence-electron chi connectivity index (χ1n) is 8.24. The normalized spacial score (nSPS) is 15.6. The monoisotopic (exact) mass is 340 g/mol. The van der Waals surface area contributed by atoms with Crippen molar-refractivity contribution >= 4 is 11.6 Å². The number of benzene rings is 1. The maximum atomic E-state index is 13.3. The van der Waals surface area contributed by atoms with Gasteiger partial charge < -0.3 is 4.90 Å². The molecule has 25 heavy (non-hydrogen) atoms. The lowest BCUT2D eigenvalue weighted by Gasteiger charge is -2.31. The van der Waals surface area contributed by atoms with Crippen LogP contribution in [0.15, 0.2) is 47.4 Å². The van der Waals surface area contributed by atoms with Crippen LogP contribution in [0.4, 0.5) is 4.39 Å². The largest absolute Gasteiger partial charge is 0.339 e. The molecular formula is C18H17FN4O2. The number of carbonyl (C=O) groups excluding carboxylic acids is 1. The first-order valence-corrected chi connectivity index (χ1v) is 8.24. The number of aromatic nitrogens is 3. The molecule has 2 aromatic heterocycles. The molecule has 0 saturated carbocycles. The molecule has 4 rings (SSSR count). The van der Waals surface area contributed by atoms with Crippen LogP contribution in [0.2, 0.25) is 0 Å². The van der Waals surface area contributed by atoms with E-state index in [1.807, 2.05) is 0 Å². The Balaban J connectivity index is 1.49. The summed E-state index contributed by atoms with van der Waals surface area (Å²) in [7, 11) is 0. The molecule has 3 heterocycles. The first-order chi connectivity index (χ1) is 12.1. The Hall–Kier alpha value is -2.96. The molecule has 1 N–H and O–H groups in total. The Morgan fingerprint density at radius 2 is 2.00 bits per heavy atom. The second kappa shape index (κ2) is 6.16. The SMILES string of the molecule is O=C(c1cccc(F)c1)N1CCC(c2cc(=O)n3[nH]ccc3n2)CC1. The average Bonchev–Trinajstić information content (AvgIpc) is 3.10. The van der Waals surface area contributed by atoms with Gasteiger partial charge in [0.1, 0.15) is 5.82 Å². The van der Waals surface area contributed by atoms with Crippen LogP contribution in [0.5, 0.6) is 0 Å². The zero-order valence-electron chi connectivity index (χ0n) is 13.5. The molecule has 0 unspecified atom stereocenters. The first kappa shape index (κ1) is 15.6. The van der Waals surface area contributed by atoms with Crippen molar-refractivity contribution in [2.75, 3.05) is 13.1 Å². The average molecular weight is 340 g/mol. The molecule has 128 valence electrons. The number of nitrogens with one attached hydrogen (secondary N) is 1. The summed E-state index contributed by atoms with van der Waals surface area (Å²) in [6.07, 6.45) is 3.13. The van der Waals surface area contributed by atoms with Crippen molar-refractivity contribution in [3.63, 3.8) is 0 Å². The number of aromatic amines is 1. The molecule has 1 aliphatic heterocycles. The van der Waals surface area contributed by atoms with E-state index in [1.165, 1.54) is 16.6 Å². The summed E-state index contributed by atoms with van der Waals surface area (Å²) in [5, 5.41) is 2.82. The Morgan fingerprint density at radius 3 is 2.76 bits per heavy atom. The summed E-state index contributed by atoms with van der Waals surface area (Å²) in [4.78, 5) is 30.8. The molecule has 1 aliphatic rings. The van der Waals surface area contributed by atoms with E-state index in [0.29, 0.717) is 24.3 Å². The Bertz CT molecular complexity index is 986. The van der Waals surface area contributed by atoms with Gasteiger partial charge in [-0.15, -0.1) is 0 Å². The third-order valence-corrected chi connectivity index (χ3v) is 4.67. The van der Waals surface area contributed by atoms with Crippen molar-refractivity contribution in [1.29, 1.82) is 0 Å². The minimum absolute atomic E-state index is 0.136. The highest BCUT2D eigenvalue weighted by Crippen LogP contribution is 2.27. The van der Waals surface area contributed by atoms with Crippen LogP contribution in [-0.2, 0) is 0 Å². The van der Waals surface area contributed by atoms with Gasteiger partial charge in [-0.3, -0.25) is 14.7 Å². The molecule has 1 saturated heterocycles. The van der Waals surface area contributed by atoms with Gasteiger partial charge in [-0.2, -0.15) is 0 Å². The molecular weight excluding hydrogens is 323 g/mol. The number of piperidine rings is 1. The fourth-order valence-corrected chi connectivity index (χ4v) is 3.34. The molecule has 0 spiro atoms. The topological polar surface area (TPSA) is 70.5 Å². The number of amides is 1.